The van der Waals surface area contributed by atoms with Crippen LogP contribution in [-0.2, 0) is 19.5 Å². The van der Waals surface area contributed by atoms with E-state index < -0.39 is 11.2 Å². The smallest absolute Gasteiger partial charge is 0.330 e. The molecular formula is C29H26N4O4. The Labute approximate surface area is 212 Å². The third-order valence-corrected chi connectivity index (χ3v) is 6.26. The minimum absolute atomic E-state index is 0.0593. The van der Waals surface area contributed by atoms with Crippen LogP contribution in [0.25, 0.3) is 11.2 Å². The Morgan fingerprint density at radius 1 is 0.892 bits per heavy atom. The van der Waals surface area contributed by atoms with E-state index in [1.54, 1.807) is 35.2 Å². The fraction of sp³-hybridized carbons (Fsp3) is 0.172. The zero-order chi connectivity index (χ0) is 25.8. The van der Waals surface area contributed by atoms with Gasteiger partial charge in [-0.3, -0.25) is 19.1 Å². The molecule has 3 aromatic carbocycles. The number of carbonyl (C=O) groups excluding carboxylic acids is 1. The van der Waals surface area contributed by atoms with Gasteiger partial charge in [0.15, 0.2) is 16.9 Å². The summed E-state index contributed by atoms with van der Waals surface area (Å²) in [5.74, 6) is 1.48. The molecule has 5 rings (SSSR count). The van der Waals surface area contributed by atoms with Gasteiger partial charge in [0.2, 0.25) is 0 Å². The number of aromatic amines is 1. The third-order valence-electron chi connectivity index (χ3n) is 6.26. The number of hydrogen-bond donors (Lipinski definition) is 1. The molecule has 0 fully saturated rings. The average Bonchev–Trinajstić information content (AvgIpc) is 3.36. The van der Waals surface area contributed by atoms with Crippen LogP contribution in [0.4, 0.5) is 0 Å². The number of nitrogens with zero attached hydrogens (tertiary/aromatic N) is 3. The summed E-state index contributed by atoms with van der Waals surface area (Å²) >= 11 is 0. The van der Waals surface area contributed by atoms with E-state index in [4.69, 9.17) is 4.74 Å². The van der Waals surface area contributed by atoms with Crippen LogP contribution in [0.1, 0.15) is 34.8 Å². The van der Waals surface area contributed by atoms with Gasteiger partial charge in [-0.15, -0.1) is 0 Å². The Morgan fingerprint density at radius 3 is 2.27 bits per heavy atom. The van der Waals surface area contributed by atoms with Crippen molar-refractivity contribution in [2.45, 2.75) is 32.9 Å². The van der Waals surface area contributed by atoms with E-state index in [9.17, 15) is 14.4 Å². The topological polar surface area (TPSA) is 99.0 Å². The van der Waals surface area contributed by atoms with Gasteiger partial charge >= 0.3 is 5.69 Å². The summed E-state index contributed by atoms with van der Waals surface area (Å²) in [6, 6.07) is 24.4. The lowest BCUT2D eigenvalue weighted by molar-refractivity contribution is 0.0983. The SMILES string of the molecule is CCn1cnc2c1c(=O)[nH]c(=O)n2Cc1ccc(CCC(=O)c2ccc(Oc3ccccc3)cc2)cc1. The van der Waals surface area contributed by atoms with Crippen molar-refractivity contribution >= 4 is 16.9 Å². The molecule has 2 heterocycles. The van der Waals surface area contributed by atoms with Crippen LogP contribution in [0, 0.1) is 0 Å². The van der Waals surface area contributed by atoms with Gasteiger partial charge in [-0.25, -0.2) is 9.78 Å². The molecule has 0 amide bonds. The molecule has 0 bridgehead atoms. The number of hydrogen-bond acceptors (Lipinski definition) is 5. The summed E-state index contributed by atoms with van der Waals surface area (Å²) < 4.78 is 8.97. The van der Waals surface area contributed by atoms with Crippen molar-refractivity contribution in [3.05, 3.63) is 123 Å². The Hall–Kier alpha value is -4.72. The maximum Gasteiger partial charge on any atom is 0.330 e. The van der Waals surface area contributed by atoms with E-state index in [0.29, 0.717) is 41.9 Å². The second kappa shape index (κ2) is 10.5. The highest BCUT2D eigenvalue weighted by molar-refractivity contribution is 5.96. The van der Waals surface area contributed by atoms with E-state index in [1.807, 2.05) is 61.5 Å². The molecule has 2 aromatic heterocycles. The van der Waals surface area contributed by atoms with Crippen LogP contribution >= 0.6 is 0 Å². The molecule has 186 valence electrons. The number of ether oxygens (including phenoxy) is 1. The van der Waals surface area contributed by atoms with Gasteiger partial charge in [0, 0.05) is 18.5 Å². The molecule has 1 N–H and O–H groups in total. The van der Waals surface area contributed by atoms with E-state index >= 15 is 0 Å². The maximum atomic E-state index is 12.7. The zero-order valence-electron chi connectivity index (χ0n) is 20.4. The minimum atomic E-state index is -0.492. The van der Waals surface area contributed by atoms with Gasteiger partial charge in [-0.05, 0) is 60.9 Å². The standard InChI is InChI=1S/C29H26N4O4/c1-2-32-19-30-27-26(32)28(35)31-29(36)33(27)18-21-10-8-20(9-11-21)12-17-25(34)22-13-15-24(16-14-22)37-23-6-4-3-5-7-23/h3-11,13-16,19H,2,12,17-18H2,1H3,(H,31,35,36). The number of H-pyrrole nitrogens is 1. The first kappa shape index (κ1) is 24.0. The fourth-order valence-corrected chi connectivity index (χ4v) is 4.24. The molecule has 0 radical (unpaired) electrons. The lowest BCUT2D eigenvalue weighted by atomic mass is 10.0. The van der Waals surface area contributed by atoms with E-state index in [2.05, 4.69) is 9.97 Å². The number of nitrogens with one attached hydrogen (secondary N) is 1. The van der Waals surface area contributed by atoms with Gasteiger partial charge in [0.1, 0.15) is 11.5 Å². The predicted octanol–water partition coefficient (Wildman–Crippen LogP) is 4.56. The molecular weight excluding hydrogens is 468 g/mol. The minimum Gasteiger partial charge on any atom is -0.457 e. The highest BCUT2D eigenvalue weighted by atomic mass is 16.5. The van der Waals surface area contributed by atoms with Gasteiger partial charge in [-0.1, -0.05) is 42.5 Å². The number of para-hydroxylation sites is 1. The molecule has 0 aliphatic rings. The number of Topliss-reactive ketones (excluding diaryl/α,β-unsaturated/α-hetero) is 1. The number of benzene rings is 3. The number of imidazole rings is 1. The van der Waals surface area contributed by atoms with Crippen molar-refractivity contribution in [2.75, 3.05) is 0 Å². The van der Waals surface area contributed by atoms with Crippen LogP contribution in [0.5, 0.6) is 11.5 Å². The summed E-state index contributed by atoms with van der Waals surface area (Å²) in [7, 11) is 0. The highest BCUT2D eigenvalue weighted by Gasteiger charge is 2.13. The van der Waals surface area contributed by atoms with Gasteiger partial charge in [-0.2, -0.15) is 0 Å². The second-order valence-electron chi connectivity index (χ2n) is 8.73. The number of rotatable bonds is 9. The molecule has 8 heteroatoms. The molecule has 0 spiro atoms. The lowest BCUT2D eigenvalue weighted by Gasteiger charge is -2.09. The molecule has 37 heavy (non-hydrogen) atoms. The van der Waals surface area contributed by atoms with Crippen LogP contribution in [-0.4, -0.2) is 24.9 Å². The Balaban J connectivity index is 1.21. The molecule has 0 aliphatic carbocycles. The van der Waals surface area contributed by atoms with Crippen molar-refractivity contribution in [1.82, 2.24) is 19.1 Å². The number of ketones is 1. The highest BCUT2D eigenvalue weighted by Crippen LogP contribution is 2.22. The number of aryl methyl sites for hydroxylation is 2. The van der Waals surface area contributed by atoms with Crippen molar-refractivity contribution in [3.8, 4) is 11.5 Å². The van der Waals surface area contributed by atoms with Gasteiger partial charge in [0.05, 0.1) is 12.9 Å². The largest absolute Gasteiger partial charge is 0.457 e. The Kier molecular flexibility index (Phi) is 6.81. The monoisotopic (exact) mass is 494 g/mol. The molecule has 0 saturated carbocycles. The number of fused-ring (bicyclic) bond motifs is 1. The summed E-state index contributed by atoms with van der Waals surface area (Å²) in [4.78, 5) is 44.1. The Bertz CT molecular complexity index is 1650. The van der Waals surface area contributed by atoms with E-state index in [-0.39, 0.29) is 12.3 Å². The molecule has 0 aliphatic heterocycles. The van der Waals surface area contributed by atoms with E-state index in [1.165, 1.54) is 4.57 Å². The van der Waals surface area contributed by atoms with Crippen molar-refractivity contribution in [2.24, 2.45) is 0 Å². The van der Waals surface area contributed by atoms with Crippen molar-refractivity contribution in [3.63, 3.8) is 0 Å². The first-order valence-corrected chi connectivity index (χ1v) is 12.1. The summed E-state index contributed by atoms with van der Waals surface area (Å²) in [6.07, 6.45) is 2.55. The first-order valence-electron chi connectivity index (χ1n) is 12.1. The Morgan fingerprint density at radius 2 is 1.57 bits per heavy atom. The van der Waals surface area contributed by atoms with Crippen LogP contribution in [0.3, 0.4) is 0 Å². The predicted molar refractivity (Wildman–Crippen MR) is 141 cm³/mol. The first-order chi connectivity index (χ1) is 18.0. The third kappa shape index (κ3) is 5.28. The molecule has 8 nitrogen and oxygen atoms in total. The summed E-state index contributed by atoms with van der Waals surface area (Å²) in [5, 5.41) is 0. The molecule has 5 aromatic rings. The van der Waals surface area contributed by atoms with Crippen LogP contribution in [0.2, 0.25) is 0 Å². The van der Waals surface area contributed by atoms with Crippen LogP contribution < -0.4 is 16.0 Å². The second-order valence-corrected chi connectivity index (χ2v) is 8.73. The molecule has 0 unspecified atom stereocenters. The lowest BCUT2D eigenvalue weighted by Crippen LogP contribution is -2.31. The zero-order valence-corrected chi connectivity index (χ0v) is 20.4. The quantitative estimate of drug-likeness (QED) is 0.303. The normalized spacial score (nSPS) is 11.1. The number of aromatic nitrogens is 4. The maximum absolute atomic E-state index is 12.7. The fourth-order valence-electron chi connectivity index (χ4n) is 4.24. The van der Waals surface area contributed by atoms with Crippen LogP contribution in [0.15, 0.2) is 94.8 Å². The summed E-state index contributed by atoms with van der Waals surface area (Å²) in [5.41, 5.74) is 2.39. The van der Waals surface area contributed by atoms with Crippen molar-refractivity contribution in [1.29, 1.82) is 0 Å². The van der Waals surface area contributed by atoms with Crippen molar-refractivity contribution < 1.29 is 9.53 Å². The summed E-state index contributed by atoms with van der Waals surface area (Å²) in [6.45, 7) is 2.77. The van der Waals surface area contributed by atoms with E-state index in [0.717, 1.165) is 16.9 Å². The van der Waals surface area contributed by atoms with Gasteiger partial charge in [0.25, 0.3) is 5.56 Å². The number of carbonyl (C=O) groups is 1. The average molecular weight is 495 g/mol. The van der Waals surface area contributed by atoms with Gasteiger partial charge < -0.3 is 9.30 Å². The molecule has 0 saturated heterocycles. The molecule has 0 atom stereocenters.